The van der Waals surface area contributed by atoms with Crippen molar-refractivity contribution in [2.75, 3.05) is 6.54 Å². The zero-order chi connectivity index (χ0) is 13.9. The van der Waals surface area contributed by atoms with E-state index in [2.05, 4.69) is 0 Å². The number of aliphatic carboxylic acids is 1. The number of likely N-dealkylation sites (tertiary alicyclic amines) is 1. The first kappa shape index (κ1) is 14.7. The molecule has 100 valence electrons. The van der Waals surface area contributed by atoms with E-state index in [1.165, 1.54) is 6.92 Å². The number of Topliss-reactive ketones (excluding diaryl/α,β-unsaturated/α-hetero) is 1. The molecule has 1 amide bonds. The van der Waals surface area contributed by atoms with E-state index in [1.807, 2.05) is 0 Å². The maximum Gasteiger partial charge on any atom is 0.326 e. The van der Waals surface area contributed by atoms with Crippen LogP contribution in [0.4, 0.5) is 0 Å². The van der Waals surface area contributed by atoms with E-state index in [-0.39, 0.29) is 35.5 Å². The number of hydrogen-bond donors (Lipinski definition) is 1. The molecule has 1 aliphatic heterocycles. The number of ketones is 1. The Bertz CT molecular complexity index is 395. The van der Waals surface area contributed by atoms with Gasteiger partial charge in [-0.1, -0.05) is 18.7 Å². The van der Waals surface area contributed by atoms with Gasteiger partial charge in [-0.25, -0.2) is 4.79 Å². The van der Waals surface area contributed by atoms with Gasteiger partial charge in [0.15, 0.2) is 10.9 Å². The third-order valence-corrected chi connectivity index (χ3v) is 3.48. The van der Waals surface area contributed by atoms with Crippen molar-refractivity contribution in [2.45, 2.75) is 38.0 Å². The van der Waals surface area contributed by atoms with Crippen molar-refractivity contribution in [3.63, 3.8) is 0 Å². The molecule has 0 aromatic carbocycles. The van der Waals surface area contributed by atoms with Crippen LogP contribution in [-0.2, 0) is 19.2 Å². The second-order valence-electron chi connectivity index (χ2n) is 4.24. The molecule has 1 rings (SSSR count). The van der Waals surface area contributed by atoms with E-state index >= 15 is 0 Å². The predicted molar refractivity (Wildman–Crippen MR) is 65.1 cm³/mol. The van der Waals surface area contributed by atoms with Gasteiger partial charge in [0.05, 0.1) is 6.54 Å². The quantitative estimate of drug-likeness (QED) is 0.792. The Balaban J connectivity index is 2.62. The van der Waals surface area contributed by atoms with Crippen LogP contribution in [0.1, 0.15) is 26.7 Å². The molecular formula is C11H15NO5S. The molecule has 1 aliphatic rings. The minimum absolute atomic E-state index is 0.0569. The number of carbonyl (C=O) groups excluding carboxylic acids is 3. The summed E-state index contributed by atoms with van der Waals surface area (Å²) < 4.78 is 0. The lowest BCUT2D eigenvalue weighted by Gasteiger charge is -2.21. The molecule has 2 atom stereocenters. The Labute approximate surface area is 109 Å². The predicted octanol–water partition coefficient (Wildman–Crippen LogP) is 0.299. The fourth-order valence-electron chi connectivity index (χ4n) is 1.86. The van der Waals surface area contributed by atoms with Gasteiger partial charge in [0.1, 0.15) is 6.04 Å². The molecule has 0 aromatic rings. The summed E-state index contributed by atoms with van der Waals surface area (Å²) in [6.45, 7) is 2.98. The Morgan fingerprint density at radius 2 is 2.11 bits per heavy atom. The Kier molecular flexibility index (Phi) is 4.89. The van der Waals surface area contributed by atoms with Gasteiger partial charge in [0.25, 0.3) is 0 Å². The molecule has 18 heavy (non-hydrogen) atoms. The molecule has 0 bridgehead atoms. The number of carboxylic acids is 1. The summed E-state index contributed by atoms with van der Waals surface area (Å²) in [6.07, 6.45) is -0.0728. The monoisotopic (exact) mass is 273 g/mol. The smallest absolute Gasteiger partial charge is 0.326 e. The van der Waals surface area contributed by atoms with Crippen molar-refractivity contribution in [2.24, 2.45) is 0 Å². The molecule has 0 radical (unpaired) electrons. The van der Waals surface area contributed by atoms with E-state index in [1.54, 1.807) is 6.92 Å². The summed E-state index contributed by atoms with van der Waals surface area (Å²) in [6, 6.07) is -1.06. The molecule has 1 heterocycles. The molecule has 7 heteroatoms. The molecular weight excluding hydrogens is 258 g/mol. The van der Waals surface area contributed by atoms with Crippen LogP contribution in [0.15, 0.2) is 0 Å². The van der Waals surface area contributed by atoms with Crippen molar-refractivity contribution in [3.05, 3.63) is 0 Å². The van der Waals surface area contributed by atoms with Crippen LogP contribution in [0.2, 0.25) is 0 Å². The minimum atomic E-state index is -1.17. The van der Waals surface area contributed by atoms with Gasteiger partial charge in [-0.3, -0.25) is 14.4 Å². The van der Waals surface area contributed by atoms with Crippen molar-refractivity contribution < 1.29 is 24.3 Å². The standard InChI is InChI=1S/C11H15NO5S/c1-6(18-7(2)13)3-10(15)12-5-8(14)4-9(12)11(16)17/h6,9H,3-5H2,1-2H3,(H,16,17)/t6?,9-/m0/s1. The lowest BCUT2D eigenvalue weighted by molar-refractivity contribution is -0.148. The highest BCUT2D eigenvalue weighted by Gasteiger charge is 2.38. The van der Waals surface area contributed by atoms with Gasteiger partial charge in [-0.15, -0.1) is 0 Å². The van der Waals surface area contributed by atoms with Crippen LogP contribution in [0, 0.1) is 0 Å². The third-order valence-electron chi connectivity index (χ3n) is 2.58. The van der Waals surface area contributed by atoms with E-state index in [0.29, 0.717) is 0 Å². The number of thioether (sulfide) groups is 1. The second kappa shape index (κ2) is 5.99. The summed E-state index contributed by atoms with van der Waals surface area (Å²) in [4.78, 5) is 46.0. The fraction of sp³-hybridized carbons (Fsp3) is 0.636. The SMILES string of the molecule is CC(=O)SC(C)CC(=O)N1CC(=O)C[C@H]1C(=O)O. The number of rotatable bonds is 4. The molecule has 1 N–H and O–H groups in total. The fourth-order valence-corrected chi connectivity index (χ4v) is 2.65. The van der Waals surface area contributed by atoms with E-state index in [4.69, 9.17) is 5.11 Å². The maximum atomic E-state index is 11.9. The number of hydrogen-bond acceptors (Lipinski definition) is 5. The zero-order valence-corrected chi connectivity index (χ0v) is 11.0. The normalized spacial score (nSPS) is 20.9. The lowest BCUT2D eigenvalue weighted by Crippen LogP contribution is -2.41. The molecule has 1 saturated heterocycles. The number of amides is 1. The van der Waals surface area contributed by atoms with Crippen LogP contribution < -0.4 is 0 Å². The third kappa shape index (κ3) is 3.83. The van der Waals surface area contributed by atoms with Crippen molar-refractivity contribution in [1.29, 1.82) is 0 Å². The molecule has 0 aliphatic carbocycles. The average molecular weight is 273 g/mol. The first-order valence-corrected chi connectivity index (χ1v) is 6.40. The van der Waals surface area contributed by atoms with Gasteiger partial charge in [-0.05, 0) is 0 Å². The van der Waals surface area contributed by atoms with Gasteiger partial charge >= 0.3 is 5.97 Å². The average Bonchev–Trinajstić information content (AvgIpc) is 2.58. The summed E-state index contributed by atoms with van der Waals surface area (Å²) in [7, 11) is 0. The highest BCUT2D eigenvalue weighted by Crippen LogP contribution is 2.20. The Morgan fingerprint density at radius 3 is 2.61 bits per heavy atom. The van der Waals surface area contributed by atoms with Crippen LogP contribution in [-0.4, -0.2) is 50.6 Å². The van der Waals surface area contributed by atoms with Crippen molar-refractivity contribution in [3.8, 4) is 0 Å². The summed E-state index contributed by atoms with van der Waals surface area (Å²) in [5.41, 5.74) is 0. The molecule has 1 fully saturated rings. The van der Waals surface area contributed by atoms with Gasteiger partial charge in [0.2, 0.25) is 5.91 Å². The van der Waals surface area contributed by atoms with E-state index < -0.39 is 17.9 Å². The number of carbonyl (C=O) groups is 4. The summed E-state index contributed by atoms with van der Waals surface area (Å²) in [5, 5.41) is 8.61. The van der Waals surface area contributed by atoms with Crippen LogP contribution in [0.25, 0.3) is 0 Å². The first-order valence-electron chi connectivity index (χ1n) is 5.52. The van der Waals surface area contributed by atoms with Gasteiger partial charge in [-0.2, -0.15) is 0 Å². The largest absolute Gasteiger partial charge is 0.480 e. The van der Waals surface area contributed by atoms with E-state index in [0.717, 1.165) is 16.7 Å². The van der Waals surface area contributed by atoms with Gasteiger partial charge in [0, 0.05) is 25.0 Å². The van der Waals surface area contributed by atoms with E-state index in [9.17, 15) is 19.2 Å². The minimum Gasteiger partial charge on any atom is -0.480 e. The molecule has 6 nitrogen and oxygen atoms in total. The summed E-state index contributed by atoms with van der Waals surface area (Å²) >= 11 is 1.03. The Hall–Kier alpha value is -1.37. The summed E-state index contributed by atoms with van der Waals surface area (Å²) in [5.74, 6) is -1.81. The molecule has 0 aromatic heterocycles. The first-order chi connectivity index (χ1) is 8.31. The van der Waals surface area contributed by atoms with Crippen LogP contribution >= 0.6 is 11.8 Å². The van der Waals surface area contributed by atoms with Crippen molar-refractivity contribution >= 4 is 34.5 Å². The Morgan fingerprint density at radius 1 is 1.50 bits per heavy atom. The molecule has 0 spiro atoms. The lowest BCUT2D eigenvalue weighted by atomic mass is 10.2. The molecule has 0 saturated carbocycles. The number of nitrogens with zero attached hydrogens (tertiary/aromatic N) is 1. The number of carboxylic acid groups (broad SMARTS) is 1. The second-order valence-corrected chi connectivity index (χ2v) is 5.86. The highest BCUT2D eigenvalue weighted by atomic mass is 32.2. The molecule has 1 unspecified atom stereocenters. The van der Waals surface area contributed by atoms with Crippen LogP contribution in [0.5, 0.6) is 0 Å². The van der Waals surface area contributed by atoms with Gasteiger partial charge < -0.3 is 10.0 Å². The van der Waals surface area contributed by atoms with Crippen molar-refractivity contribution in [1.82, 2.24) is 4.90 Å². The zero-order valence-electron chi connectivity index (χ0n) is 10.2. The topological polar surface area (TPSA) is 91.8 Å². The maximum absolute atomic E-state index is 11.9. The van der Waals surface area contributed by atoms with Crippen LogP contribution in [0.3, 0.4) is 0 Å². The highest BCUT2D eigenvalue weighted by molar-refractivity contribution is 8.14.